The van der Waals surface area contributed by atoms with Crippen LogP contribution < -0.4 is 9.47 Å². The summed E-state index contributed by atoms with van der Waals surface area (Å²) in [6.07, 6.45) is 14.9. The Balaban J connectivity index is 0.975. The van der Waals surface area contributed by atoms with Crippen LogP contribution in [0.4, 0.5) is 11.4 Å². The molecule has 2 N–H and O–H groups in total. The van der Waals surface area contributed by atoms with Crippen molar-refractivity contribution in [3.8, 4) is 34.5 Å². The second-order valence-electron chi connectivity index (χ2n) is 21.6. The van der Waals surface area contributed by atoms with Gasteiger partial charge in [0.1, 0.15) is 23.0 Å². The van der Waals surface area contributed by atoms with Crippen LogP contribution in [0.15, 0.2) is 84.9 Å². The van der Waals surface area contributed by atoms with Crippen molar-refractivity contribution < 1.29 is 29.5 Å². The van der Waals surface area contributed by atoms with E-state index in [2.05, 4.69) is 52.0 Å². The summed E-state index contributed by atoms with van der Waals surface area (Å²) in [5, 5.41) is 42.8. The molecule has 10 heteroatoms. The lowest BCUT2D eigenvalue weighted by Gasteiger charge is -2.80. The predicted octanol–water partition coefficient (Wildman–Crippen LogP) is 12.4. The van der Waals surface area contributed by atoms with E-state index >= 15 is 0 Å². The molecular weight excluding hydrogens is 733 g/mol. The van der Waals surface area contributed by atoms with Crippen LogP contribution in [0.5, 0.6) is 34.5 Å². The molecule has 0 aliphatic heterocycles. The summed E-state index contributed by atoms with van der Waals surface area (Å²) in [6.45, 7) is 10.4. The summed E-state index contributed by atoms with van der Waals surface area (Å²) in [5.41, 5.74) is 3.63. The maximum absolute atomic E-state index is 11.2. The molecule has 8 aliphatic rings. The van der Waals surface area contributed by atoms with Crippen LogP contribution in [0.25, 0.3) is 0 Å². The minimum Gasteiger partial charge on any atom is -0.502 e. The first-order chi connectivity index (χ1) is 27.3. The smallest absolute Gasteiger partial charge is 0.310 e. The van der Waals surface area contributed by atoms with E-state index in [0.717, 1.165) is 0 Å². The minimum absolute atomic E-state index is 0.0615. The molecular formula is C48H52N2O8. The van der Waals surface area contributed by atoms with Crippen molar-refractivity contribution in [1.29, 1.82) is 0 Å². The molecule has 8 bridgehead atoms. The van der Waals surface area contributed by atoms with Crippen LogP contribution in [0.2, 0.25) is 0 Å². The standard InChI is InChI=1S/C48H52N2O8/c1-41-19-42(2)22-45(21-41,31-5-9-33(10-6-31)57-35-13-15-37(49(53)54)39(51)17-35)29-47(25-41,26-42)48-27-43(3)20-44(4,28-48)24-46(23-43,30-48)32-7-11-34(12-8-32)58-36-14-16-38(50(55)56)40(52)18-36/h5-18,51-52H,19-30H2,1-4H3. The van der Waals surface area contributed by atoms with E-state index in [1.165, 1.54) is 125 Å². The fourth-order valence-corrected chi connectivity index (χ4v) is 16.6. The Morgan fingerprint density at radius 3 is 1.05 bits per heavy atom. The number of phenols is 2. The van der Waals surface area contributed by atoms with Gasteiger partial charge in [0.15, 0.2) is 11.5 Å². The number of benzene rings is 4. The second-order valence-corrected chi connectivity index (χ2v) is 21.6. The largest absolute Gasteiger partial charge is 0.502 e. The fraction of sp³-hybridized carbons (Fsp3) is 0.500. The van der Waals surface area contributed by atoms with Gasteiger partial charge < -0.3 is 19.7 Å². The lowest BCUT2D eigenvalue weighted by Crippen LogP contribution is -2.71. The van der Waals surface area contributed by atoms with E-state index in [0.29, 0.717) is 23.0 Å². The predicted molar refractivity (Wildman–Crippen MR) is 219 cm³/mol. The number of hydrogen-bond donors (Lipinski definition) is 2. The molecule has 8 aliphatic carbocycles. The number of rotatable bonds is 9. The van der Waals surface area contributed by atoms with Crippen LogP contribution in [0.3, 0.4) is 0 Å². The molecule has 4 aromatic rings. The van der Waals surface area contributed by atoms with Crippen molar-refractivity contribution in [3.05, 3.63) is 116 Å². The molecule has 4 atom stereocenters. The molecule has 12 rings (SSSR count). The molecule has 0 heterocycles. The monoisotopic (exact) mass is 784 g/mol. The van der Waals surface area contributed by atoms with Gasteiger partial charge in [0.05, 0.1) is 9.85 Å². The molecule has 4 aromatic carbocycles. The lowest BCUT2D eigenvalue weighted by molar-refractivity contribution is -0.386. The van der Waals surface area contributed by atoms with Crippen molar-refractivity contribution >= 4 is 11.4 Å². The Bertz CT molecular complexity index is 2190. The quantitative estimate of drug-likeness (QED) is 0.126. The summed E-state index contributed by atoms with van der Waals surface area (Å²) < 4.78 is 12.2. The SMILES string of the molecule is CC12CC3(C)CC(c4ccc(Oc5ccc([N+](=O)[O-])c(O)c5)cc4)(C1)CC(C14CC5(C)CC(C)(CC(c6ccc(Oc7ccc([N+](=O)[O-])c(O)c7)cc6)(C5)C1)C4)(C2)C3. The van der Waals surface area contributed by atoms with Crippen molar-refractivity contribution in [2.24, 2.45) is 32.5 Å². The van der Waals surface area contributed by atoms with Crippen molar-refractivity contribution in [3.63, 3.8) is 0 Å². The number of aromatic hydroxyl groups is 2. The normalized spacial score (nSPS) is 37.8. The lowest BCUT2D eigenvalue weighted by atomic mass is 9.24. The zero-order valence-corrected chi connectivity index (χ0v) is 33.8. The number of phenolic OH excluding ortho intramolecular Hbond substituents is 2. The molecule has 8 fully saturated rings. The van der Waals surface area contributed by atoms with Crippen molar-refractivity contribution in [2.45, 2.75) is 116 Å². The highest BCUT2D eigenvalue weighted by atomic mass is 16.6. The van der Waals surface area contributed by atoms with Gasteiger partial charge in [0, 0.05) is 24.3 Å². The van der Waals surface area contributed by atoms with Gasteiger partial charge in [0.2, 0.25) is 0 Å². The van der Waals surface area contributed by atoms with Gasteiger partial charge in [0.25, 0.3) is 0 Å². The van der Waals surface area contributed by atoms with Gasteiger partial charge >= 0.3 is 11.4 Å². The van der Waals surface area contributed by atoms with Gasteiger partial charge in [-0.25, -0.2) is 0 Å². The average molecular weight is 785 g/mol. The van der Waals surface area contributed by atoms with Gasteiger partial charge in [-0.3, -0.25) is 20.2 Å². The molecule has 8 saturated carbocycles. The van der Waals surface area contributed by atoms with Crippen molar-refractivity contribution in [2.75, 3.05) is 0 Å². The summed E-state index contributed by atoms with van der Waals surface area (Å²) in [4.78, 5) is 21.2. The Morgan fingerprint density at radius 1 is 0.448 bits per heavy atom. The first kappa shape index (κ1) is 37.2. The van der Waals surface area contributed by atoms with Crippen LogP contribution >= 0.6 is 0 Å². The molecule has 0 saturated heterocycles. The summed E-state index contributed by atoms with van der Waals surface area (Å²) >= 11 is 0. The minimum atomic E-state index is -0.606. The van der Waals surface area contributed by atoms with E-state index in [1.54, 1.807) is 0 Å². The third-order valence-corrected chi connectivity index (χ3v) is 16.0. The second kappa shape index (κ2) is 11.8. The number of nitro benzene ring substituents is 2. The summed E-state index contributed by atoms with van der Waals surface area (Å²) in [5.74, 6) is 1.16. The zero-order chi connectivity index (χ0) is 40.7. The Kier molecular flexibility index (Phi) is 7.53. The molecule has 0 aromatic heterocycles. The van der Waals surface area contributed by atoms with Crippen LogP contribution in [-0.2, 0) is 10.8 Å². The van der Waals surface area contributed by atoms with Gasteiger partial charge in [-0.1, -0.05) is 52.0 Å². The van der Waals surface area contributed by atoms with E-state index in [-0.39, 0.29) is 54.7 Å². The molecule has 0 spiro atoms. The Hall–Kier alpha value is -5.12. The zero-order valence-electron chi connectivity index (χ0n) is 33.8. The number of nitro groups is 2. The Morgan fingerprint density at radius 2 is 0.759 bits per heavy atom. The molecule has 10 nitrogen and oxygen atoms in total. The van der Waals surface area contributed by atoms with Crippen molar-refractivity contribution in [1.82, 2.24) is 0 Å². The molecule has 58 heavy (non-hydrogen) atoms. The van der Waals surface area contributed by atoms with Crippen LogP contribution in [-0.4, -0.2) is 20.1 Å². The molecule has 0 radical (unpaired) electrons. The molecule has 302 valence electrons. The first-order valence-corrected chi connectivity index (χ1v) is 20.8. The van der Waals surface area contributed by atoms with Crippen LogP contribution in [0, 0.1) is 52.7 Å². The highest BCUT2D eigenvalue weighted by Crippen LogP contribution is 2.85. The van der Waals surface area contributed by atoms with Gasteiger partial charge in [-0.15, -0.1) is 0 Å². The number of hydrogen-bond acceptors (Lipinski definition) is 8. The highest BCUT2D eigenvalue weighted by molar-refractivity contribution is 5.52. The van der Waals surface area contributed by atoms with Gasteiger partial charge in [-0.05, 0) is 168 Å². The maximum Gasteiger partial charge on any atom is 0.310 e. The summed E-state index contributed by atoms with van der Waals surface area (Å²) in [6, 6.07) is 25.4. The Labute approximate surface area is 338 Å². The van der Waals surface area contributed by atoms with E-state index < -0.39 is 21.3 Å². The third-order valence-electron chi connectivity index (χ3n) is 16.0. The van der Waals surface area contributed by atoms with E-state index in [9.17, 15) is 30.4 Å². The number of ether oxygens (including phenoxy) is 2. The average Bonchev–Trinajstić information content (AvgIpc) is 3.09. The summed E-state index contributed by atoms with van der Waals surface area (Å²) in [7, 11) is 0. The fourth-order valence-electron chi connectivity index (χ4n) is 16.6. The van der Waals surface area contributed by atoms with E-state index in [1.807, 2.05) is 24.3 Å². The molecule has 4 unspecified atom stereocenters. The topological polar surface area (TPSA) is 145 Å². The third kappa shape index (κ3) is 5.64. The van der Waals surface area contributed by atoms with Gasteiger partial charge in [-0.2, -0.15) is 0 Å². The number of nitrogens with zero attached hydrogens (tertiary/aromatic N) is 2. The first-order valence-electron chi connectivity index (χ1n) is 20.8. The van der Waals surface area contributed by atoms with E-state index in [4.69, 9.17) is 9.47 Å². The highest BCUT2D eigenvalue weighted by Gasteiger charge is 2.76. The van der Waals surface area contributed by atoms with Crippen LogP contribution in [0.1, 0.15) is 116 Å². The maximum atomic E-state index is 11.2. The molecule has 0 amide bonds.